The van der Waals surface area contributed by atoms with Crippen molar-refractivity contribution in [2.75, 3.05) is 12.4 Å². The zero-order chi connectivity index (χ0) is 14.8. The van der Waals surface area contributed by atoms with Gasteiger partial charge in [0.2, 0.25) is 5.09 Å². The Hall–Kier alpha value is -1.50. The van der Waals surface area contributed by atoms with E-state index in [4.69, 9.17) is 16.0 Å². The van der Waals surface area contributed by atoms with Gasteiger partial charge in [-0.15, -0.1) is 0 Å². The Bertz CT molecular complexity index is 710. The Morgan fingerprint density at radius 2 is 2.00 bits per heavy atom. The fraction of sp³-hybridized carbons (Fsp3) is 0.231. The summed E-state index contributed by atoms with van der Waals surface area (Å²) in [5, 5.41) is 3.60. The van der Waals surface area contributed by atoms with Gasteiger partial charge >= 0.3 is 0 Å². The van der Waals surface area contributed by atoms with Crippen molar-refractivity contribution in [1.29, 1.82) is 0 Å². The normalized spacial score (nSPS) is 11.6. The maximum atomic E-state index is 11.5. The van der Waals surface area contributed by atoms with Crippen LogP contribution in [0.3, 0.4) is 0 Å². The van der Waals surface area contributed by atoms with Crippen LogP contribution in [-0.2, 0) is 16.6 Å². The zero-order valence-electron chi connectivity index (χ0n) is 11.1. The Morgan fingerprint density at radius 1 is 1.25 bits per heavy atom. The van der Waals surface area contributed by atoms with E-state index in [1.54, 1.807) is 6.07 Å². The molecule has 20 heavy (non-hydrogen) atoms. The Morgan fingerprint density at radius 3 is 2.65 bits per heavy atom. The van der Waals surface area contributed by atoms with Gasteiger partial charge in [0.15, 0.2) is 0 Å². The molecule has 0 aliphatic heterocycles. The maximum Gasteiger partial charge on any atom is 0.273 e. The molecule has 7 heteroatoms. The van der Waals surface area contributed by atoms with E-state index in [-0.39, 0.29) is 5.09 Å². The van der Waals surface area contributed by atoms with Gasteiger partial charge in [0.05, 0.1) is 17.3 Å². The van der Waals surface area contributed by atoms with Gasteiger partial charge in [-0.3, -0.25) is 0 Å². The van der Waals surface area contributed by atoms with Crippen LogP contribution in [0, 0.1) is 6.92 Å². The van der Waals surface area contributed by atoms with E-state index in [9.17, 15) is 8.42 Å². The third kappa shape index (κ3) is 3.33. The molecule has 5 nitrogen and oxygen atoms in total. The van der Waals surface area contributed by atoms with Gasteiger partial charge in [-0.2, -0.15) is 0 Å². The van der Waals surface area contributed by atoms with Gasteiger partial charge in [0, 0.05) is 0 Å². The number of rotatable bonds is 5. The molecule has 1 heterocycles. The van der Waals surface area contributed by atoms with Crippen LogP contribution in [0.5, 0.6) is 0 Å². The molecule has 0 aliphatic rings. The average Bonchev–Trinajstić information content (AvgIpc) is 2.87. The summed E-state index contributed by atoms with van der Waals surface area (Å²) in [5.41, 5.74) is 1.84. The van der Waals surface area contributed by atoms with Crippen LogP contribution in [-0.4, -0.2) is 15.5 Å². The van der Waals surface area contributed by atoms with Crippen LogP contribution in [0.4, 0.5) is 5.69 Å². The Labute approximate surface area is 123 Å². The molecule has 0 bridgehead atoms. The molecule has 0 saturated carbocycles. The number of benzene rings is 1. The monoisotopic (exact) mass is 314 g/mol. The Balaban J connectivity index is 2.08. The second-order valence-electron chi connectivity index (χ2n) is 4.27. The molecule has 2 rings (SSSR count). The molecular weight excluding hydrogens is 300 g/mol. The molecule has 1 aromatic carbocycles. The fourth-order valence-electron chi connectivity index (χ4n) is 1.64. The summed E-state index contributed by atoms with van der Waals surface area (Å²) in [6.07, 6.45) is 0. The third-order valence-corrected chi connectivity index (χ3v) is 4.35. The average molecular weight is 315 g/mol. The number of sulfonamides is 1. The number of hydrogen-bond acceptors (Lipinski definition) is 4. The molecule has 0 radical (unpaired) electrons. The predicted octanol–water partition coefficient (Wildman–Crippen LogP) is 2.76. The number of nitrogens with one attached hydrogen (secondary N) is 2. The van der Waals surface area contributed by atoms with Gasteiger partial charge in [0.25, 0.3) is 10.0 Å². The molecule has 0 unspecified atom stereocenters. The quantitative estimate of drug-likeness (QED) is 0.890. The van der Waals surface area contributed by atoms with Crippen LogP contribution in [0.25, 0.3) is 0 Å². The van der Waals surface area contributed by atoms with Crippen molar-refractivity contribution < 1.29 is 12.8 Å². The van der Waals surface area contributed by atoms with Crippen molar-refractivity contribution in [1.82, 2.24) is 4.72 Å². The van der Waals surface area contributed by atoms with Gasteiger partial charge in [-0.05, 0) is 43.8 Å². The first-order chi connectivity index (χ1) is 9.42. The molecule has 0 spiro atoms. The van der Waals surface area contributed by atoms with Gasteiger partial charge in [-0.1, -0.05) is 17.7 Å². The standard InChI is InChI=1S/C13H15ClN2O3S/c1-9-3-5-12(11(14)7-9)16-8-10-4-6-13(19-10)20(17,18)15-2/h3-7,15-16H,8H2,1-2H3. The van der Waals surface area contributed by atoms with Crippen LogP contribution < -0.4 is 10.0 Å². The van der Waals surface area contributed by atoms with E-state index >= 15 is 0 Å². The van der Waals surface area contributed by atoms with E-state index in [1.807, 2.05) is 25.1 Å². The second-order valence-corrected chi connectivity index (χ2v) is 6.49. The van der Waals surface area contributed by atoms with E-state index < -0.39 is 10.0 Å². The van der Waals surface area contributed by atoms with Crippen molar-refractivity contribution in [3.05, 3.63) is 46.7 Å². The van der Waals surface area contributed by atoms with E-state index in [2.05, 4.69) is 10.0 Å². The predicted molar refractivity (Wildman–Crippen MR) is 78.5 cm³/mol. The van der Waals surface area contributed by atoms with E-state index in [0.29, 0.717) is 17.3 Å². The van der Waals surface area contributed by atoms with Gasteiger partial charge in [-0.25, -0.2) is 13.1 Å². The smallest absolute Gasteiger partial charge is 0.273 e. The van der Waals surface area contributed by atoms with Crippen molar-refractivity contribution in [3.8, 4) is 0 Å². The molecule has 0 fully saturated rings. The third-order valence-electron chi connectivity index (χ3n) is 2.75. The number of halogens is 1. The summed E-state index contributed by atoms with van der Waals surface area (Å²) in [6, 6.07) is 8.68. The first kappa shape index (κ1) is 14.9. The molecule has 1 aromatic heterocycles. The van der Waals surface area contributed by atoms with E-state index in [1.165, 1.54) is 13.1 Å². The SMILES string of the molecule is CNS(=O)(=O)c1ccc(CNc2ccc(C)cc2Cl)o1. The molecule has 2 N–H and O–H groups in total. The highest BCUT2D eigenvalue weighted by molar-refractivity contribution is 7.89. The minimum Gasteiger partial charge on any atom is -0.446 e. The Kier molecular flexibility index (Phi) is 4.37. The van der Waals surface area contributed by atoms with Gasteiger partial charge < -0.3 is 9.73 Å². The first-order valence-corrected chi connectivity index (χ1v) is 7.81. The highest BCUT2D eigenvalue weighted by Gasteiger charge is 2.16. The summed E-state index contributed by atoms with van der Waals surface area (Å²) >= 11 is 6.10. The van der Waals surface area contributed by atoms with Crippen molar-refractivity contribution in [2.45, 2.75) is 18.6 Å². The maximum absolute atomic E-state index is 11.5. The number of furan rings is 1. The largest absolute Gasteiger partial charge is 0.446 e. The molecule has 0 saturated heterocycles. The molecule has 108 valence electrons. The number of aryl methyl sites for hydroxylation is 1. The lowest BCUT2D eigenvalue weighted by atomic mass is 10.2. The fourth-order valence-corrected chi connectivity index (χ4v) is 2.61. The minimum absolute atomic E-state index is 0.105. The van der Waals surface area contributed by atoms with Crippen molar-refractivity contribution in [2.24, 2.45) is 0 Å². The molecule has 0 atom stereocenters. The lowest BCUT2D eigenvalue weighted by Gasteiger charge is -2.07. The molecular formula is C13H15ClN2O3S. The lowest BCUT2D eigenvalue weighted by molar-refractivity contribution is 0.417. The number of hydrogen-bond donors (Lipinski definition) is 2. The molecule has 2 aromatic rings. The molecule has 0 amide bonds. The van der Waals surface area contributed by atoms with Crippen LogP contribution in [0.1, 0.15) is 11.3 Å². The summed E-state index contributed by atoms with van der Waals surface area (Å²) in [7, 11) is -2.21. The summed E-state index contributed by atoms with van der Waals surface area (Å²) in [6.45, 7) is 2.30. The summed E-state index contributed by atoms with van der Waals surface area (Å²) in [4.78, 5) is 0. The van der Waals surface area contributed by atoms with E-state index in [0.717, 1.165) is 11.3 Å². The zero-order valence-corrected chi connectivity index (χ0v) is 12.7. The number of anilines is 1. The van der Waals surface area contributed by atoms with Crippen LogP contribution in [0.2, 0.25) is 5.02 Å². The topological polar surface area (TPSA) is 71.3 Å². The van der Waals surface area contributed by atoms with Crippen LogP contribution in [0.15, 0.2) is 39.8 Å². The van der Waals surface area contributed by atoms with Crippen molar-refractivity contribution in [3.63, 3.8) is 0 Å². The molecule has 0 aliphatic carbocycles. The van der Waals surface area contributed by atoms with Gasteiger partial charge in [0.1, 0.15) is 5.76 Å². The van der Waals surface area contributed by atoms with Crippen LogP contribution >= 0.6 is 11.6 Å². The first-order valence-electron chi connectivity index (χ1n) is 5.94. The van der Waals surface area contributed by atoms with Crippen molar-refractivity contribution >= 4 is 27.3 Å². The second kappa shape index (κ2) is 5.87. The lowest BCUT2D eigenvalue weighted by Crippen LogP contribution is -2.17. The minimum atomic E-state index is -3.54. The highest BCUT2D eigenvalue weighted by Crippen LogP contribution is 2.23. The summed E-state index contributed by atoms with van der Waals surface area (Å²) in [5.74, 6) is 0.510. The highest BCUT2D eigenvalue weighted by atomic mass is 35.5. The summed E-state index contributed by atoms with van der Waals surface area (Å²) < 4.78 is 30.5.